The van der Waals surface area contributed by atoms with Crippen LogP contribution in [0.25, 0.3) is 0 Å². The summed E-state index contributed by atoms with van der Waals surface area (Å²) in [5.41, 5.74) is 1.02. The van der Waals surface area contributed by atoms with Crippen molar-refractivity contribution in [2.24, 2.45) is 11.8 Å². The molecule has 0 saturated carbocycles. The Morgan fingerprint density at radius 2 is 1.82 bits per heavy atom. The first kappa shape index (κ1) is 23.3. The van der Waals surface area contributed by atoms with Crippen LogP contribution in [0.15, 0.2) is 29.2 Å². The van der Waals surface area contributed by atoms with Crippen molar-refractivity contribution in [2.45, 2.75) is 83.5 Å². The summed E-state index contributed by atoms with van der Waals surface area (Å²) in [6, 6.07) is 6.74. The van der Waals surface area contributed by atoms with Crippen LogP contribution >= 0.6 is 0 Å². The average molecular weight is 413 g/mol. The number of hydrogen-bond acceptors (Lipinski definition) is 5. The molecule has 0 bridgehead atoms. The minimum atomic E-state index is -3.68. The first-order chi connectivity index (χ1) is 13.3. The smallest absolute Gasteiger partial charge is 0.296 e. The van der Waals surface area contributed by atoms with E-state index in [2.05, 4.69) is 13.8 Å². The van der Waals surface area contributed by atoms with Gasteiger partial charge in [0.2, 0.25) is 0 Å². The van der Waals surface area contributed by atoms with Gasteiger partial charge in [-0.2, -0.15) is 8.42 Å². The van der Waals surface area contributed by atoms with Crippen LogP contribution in [0.5, 0.6) is 0 Å². The maximum absolute atomic E-state index is 12.3. The maximum atomic E-state index is 12.3. The lowest BCUT2D eigenvalue weighted by Gasteiger charge is -2.29. The van der Waals surface area contributed by atoms with E-state index in [-0.39, 0.29) is 29.8 Å². The van der Waals surface area contributed by atoms with Crippen molar-refractivity contribution in [1.29, 1.82) is 0 Å². The van der Waals surface area contributed by atoms with Gasteiger partial charge in [-0.3, -0.25) is 4.18 Å². The molecule has 2 rings (SSSR count). The summed E-state index contributed by atoms with van der Waals surface area (Å²) in [4.78, 5) is 0.217. The van der Waals surface area contributed by atoms with Crippen LogP contribution in [0.4, 0.5) is 0 Å². The second-order valence-corrected chi connectivity index (χ2v) is 9.82. The molecule has 1 heterocycles. The minimum absolute atomic E-state index is 0.0505. The molecule has 1 fully saturated rings. The third kappa shape index (κ3) is 7.82. The van der Waals surface area contributed by atoms with E-state index >= 15 is 0 Å². The summed E-state index contributed by atoms with van der Waals surface area (Å²) in [7, 11) is -3.68. The van der Waals surface area contributed by atoms with Gasteiger partial charge in [0.1, 0.15) is 0 Å². The van der Waals surface area contributed by atoms with E-state index in [0.717, 1.165) is 44.3 Å². The fourth-order valence-corrected chi connectivity index (χ4v) is 4.29. The average Bonchev–Trinajstić information content (AvgIpc) is 2.67. The number of ether oxygens (including phenoxy) is 2. The van der Waals surface area contributed by atoms with E-state index in [9.17, 15) is 8.42 Å². The van der Waals surface area contributed by atoms with Gasteiger partial charge in [-0.05, 0) is 69.9 Å². The molecule has 1 saturated heterocycles. The predicted molar refractivity (Wildman–Crippen MR) is 111 cm³/mol. The third-order valence-electron chi connectivity index (χ3n) is 5.48. The Hall–Kier alpha value is -0.950. The van der Waals surface area contributed by atoms with Gasteiger partial charge in [0.05, 0.1) is 17.6 Å². The zero-order valence-corrected chi connectivity index (χ0v) is 18.5. The highest BCUT2D eigenvalue weighted by atomic mass is 32.2. The molecule has 0 radical (unpaired) electrons. The Bertz CT molecular complexity index is 665. The Morgan fingerprint density at radius 3 is 2.46 bits per heavy atom. The largest absolute Gasteiger partial charge is 0.353 e. The van der Waals surface area contributed by atoms with Crippen LogP contribution in [-0.4, -0.2) is 34.0 Å². The molecule has 1 unspecified atom stereocenters. The van der Waals surface area contributed by atoms with Crippen molar-refractivity contribution >= 4 is 10.1 Å². The van der Waals surface area contributed by atoms with Crippen LogP contribution in [0.1, 0.15) is 64.9 Å². The van der Waals surface area contributed by atoms with E-state index in [1.165, 1.54) is 6.42 Å². The summed E-state index contributed by atoms with van der Waals surface area (Å²) in [6.45, 7) is 9.29. The van der Waals surface area contributed by atoms with Crippen LogP contribution in [0.2, 0.25) is 0 Å². The zero-order valence-electron chi connectivity index (χ0n) is 17.7. The summed E-state index contributed by atoms with van der Waals surface area (Å²) in [6.07, 6.45) is 6.40. The summed E-state index contributed by atoms with van der Waals surface area (Å²) < 4.78 is 41.5. The fourth-order valence-electron chi connectivity index (χ4n) is 3.28. The molecule has 160 valence electrons. The van der Waals surface area contributed by atoms with Crippen molar-refractivity contribution < 1.29 is 22.1 Å². The molecule has 0 aliphatic carbocycles. The standard InChI is InChI=1S/C22H36O5S/c1-17-11-13-21(14-12-17)28(23,24)26-16-18(2)8-7-9-19(3)20(4)27-22-10-5-6-15-25-22/h11-14,18-20,22H,5-10,15-16H2,1-4H3/t18-,19+,20+,22?/m1/s1. The van der Waals surface area contributed by atoms with Crippen LogP contribution in [0.3, 0.4) is 0 Å². The highest BCUT2D eigenvalue weighted by Crippen LogP contribution is 2.23. The van der Waals surface area contributed by atoms with Crippen molar-refractivity contribution in [3.63, 3.8) is 0 Å². The number of rotatable bonds is 11. The topological polar surface area (TPSA) is 61.8 Å². The number of hydrogen-bond donors (Lipinski definition) is 0. The first-order valence-corrected chi connectivity index (χ1v) is 11.9. The van der Waals surface area contributed by atoms with Crippen molar-refractivity contribution in [1.82, 2.24) is 0 Å². The monoisotopic (exact) mass is 412 g/mol. The molecule has 5 nitrogen and oxygen atoms in total. The fraction of sp³-hybridized carbons (Fsp3) is 0.727. The van der Waals surface area contributed by atoms with E-state index < -0.39 is 10.1 Å². The van der Waals surface area contributed by atoms with Crippen molar-refractivity contribution in [3.05, 3.63) is 29.8 Å². The van der Waals surface area contributed by atoms with E-state index in [0.29, 0.717) is 5.92 Å². The molecular formula is C22H36O5S. The van der Waals surface area contributed by atoms with Gasteiger partial charge < -0.3 is 9.47 Å². The molecular weight excluding hydrogens is 376 g/mol. The van der Waals surface area contributed by atoms with Crippen molar-refractivity contribution in [3.8, 4) is 0 Å². The molecule has 1 aliphatic heterocycles. The molecule has 0 amide bonds. The maximum Gasteiger partial charge on any atom is 0.296 e. The van der Waals surface area contributed by atoms with Gasteiger partial charge in [0, 0.05) is 6.61 Å². The molecule has 1 aromatic carbocycles. The molecule has 0 aromatic heterocycles. The van der Waals surface area contributed by atoms with Crippen LogP contribution in [-0.2, 0) is 23.8 Å². The SMILES string of the molecule is Cc1ccc(S(=O)(=O)OC[C@H](C)CCC[C@H](C)[C@H](C)OC2CCCCO2)cc1. The Balaban J connectivity index is 1.66. The van der Waals surface area contributed by atoms with Crippen LogP contribution in [0, 0.1) is 18.8 Å². The molecule has 1 aliphatic rings. The Morgan fingerprint density at radius 1 is 1.11 bits per heavy atom. The molecule has 0 N–H and O–H groups in total. The lowest BCUT2D eigenvalue weighted by molar-refractivity contribution is -0.193. The van der Waals surface area contributed by atoms with Gasteiger partial charge >= 0.3 is 0 Å². The quantitative estimate of drug-likeness (QED) is 0.475. The zero-order chi connectivity index (χ0) is 20.6. The summed E-state index contributed by atoms with van der Waals surface area (Å²) >= 11 is 0. The molecule has 1 aromatic rings. The number of aryl methyl sites for hydroxylation is 1. The Kier molecular flexibility index (Phi) is 9.41. The predicted octanol–water partition coefficient (Wildman–Crippen LogP) is 5.07. The molecule has 28 heavy (non-hydrogen) atoms. The lowest BCUT2D eigenvalue weighted by atomic mass is 9.95. The van der Waals surface area contributed by atoms with E-state index in [1.54, 1.807) is 24.3 Å². The van der Waals surface area contributed by atoms with E-state index in [4.69, 9.17) is 13.7 Å². The normalized spacial score (nSPS) is 21.2. The Labute approximate surface area is 170 Å². The molecule has 6 heteroatoms. The van der Waals surface area contributed by atoms with Gasteiger partial charge in [0.25, 0.3) is 10.1 Å². The lowest BCUT2D eigenvalue weighted by Crippen LogP contribution is -2.29. The number of benzene rings is 1. The second-order valence-electron chi connectivity index (χ2n) is 8.20. The van der Waals surface area contributed by atoms with Gasteiger partial charge in [-0.15, -0.1) is 0 Å². The van der Waals surface area contributed by atoms with Gasteiger partial charge in [-0.1, -0.05) is 38.0 Å². The first-order valence-electron chi connectivity index (χ1n) is 10.5. The van der Waals surface area contributed by atoms with Crippen LogP contribution < -0.4 is 0 Å². The van der Waals surface area contributed by atoms with Crippen molar-refractivity contribution in [2.75, 3.05) is 13.2 Å². The van der Waals surface area contributed by atoms with Gasteiger partial charge in [0.15, 0.2) is 6.29 Å². The molecule has 0 spiro atoms. The van der Waals surface area contributed by atoms with Gasteiger partial charge in [-0.25, -0.2) is 0 Å². The highest BCUT2D eigenvalue weighted by Gasteiger charge is 2.21. The highest BCUT2D eigenvalue weighted by molar-refractivity contribution is 7.86. The molecule has 4 atom stereocenters. The third-order valence-corrected chi connectivity index (χ3v) is 6.78. The summed E-state index contributed by atoms with van der Waals surface area (Å²) in [5, 5.41) is 0. The second kappa shape index (κ2) is 11.3. The minimum Gasteiger partial charge on any atom is -0.353 e. The van der Waals surface area contributed by atoms with E-state index in [1.807, 2.05) is 13.8 Å². The summed E-state index contributed by atoms with van der Waals surface area (Å²) in [5.74, 6) is 0.625.